The van der Waals surface area contributed by atoms with Crippen molar-refractivity contribution in [3.05, 3.63) is 11.8 Å². The number of anilines is 1. The zero-order valence-electron chi connectivity index (χ0n) is 11.5. The van der Waals surface area contributed by atoms with Gasteiger partial charge in [0.05, 0.1) is 13.5 Å². The number of rotatable bonds is 6. The van der Waals surface area contributed by atoms with Gasteiger partial charge in [0, 0.05) is 18.5 Å². The number of carbonyl (C=O) groups is 1. The molecule has 1 saturated carbocycles. The number of aromatic nitrogens is 2. The molecule has 1 heterocycles. The lowest BCUT2D eigenvalue weighted by atomic mass is 10.1. The monoisotopic (exact) mass is 281 g/mol. The highest BCUT2D eigenvalue weighted by molar-refractivity contribution is 7.99. The summed E-state index contributed by atoms with van der Waals surface area (Å²) in [7, 11) is 3.25. The predicted octanol–water partition coefficient (Wildman–Crippen LogP) is 2.26. The fraction of sp³-hybridized carbons (Fsp3) is 0.615. The molecule has 1 aliphatic carbocycles. The van der Waals surface area contributed by atoms with Crippen LogP contribution in [0.5, 0.6) is 0 Å². The number of hydrogen-bond donors (Lipinski definition) is 1. The van der Waals surface area contributed by atoms with Gasteiger partial charge in [-0.15, -0.1) is 11.8 Å². The molecule has 19 heavy (non-hydrogen) atoms. The van der Waals surface area contributed by atoms with Crippen molar-refractivity contribution in [2.45, 2.75) is 31.2 Å². The Balaban J connectivity index is 1.95. The summed E-state index contributed by atoms with van der Waals surface area (Å²) < 4.78 is 4.75. The number of hydrogen-bond acceptors (Lipinski definition) is 6. The Morgan fingerprint density at radius 1 is 1.53 bits per heavy atom. The van der Waals surface area contributed by atoms with Gasteiger partial charge in [-0.05, 0) is 31.2 Å². The van der Waals surface area contributed by atoms with E-state index >= 15 is 0 Å². The second-order valence-corrected chi connectivity index (χ2v) is 5.96. The highest BCUT2D eigenvalue weighted by Crippen LogP contribution is 2.52. The van der Waals surface area contributed by atoms with Crippen LogP contribution in [0.25, 0.3) is 0 Å². The third kappa shape index (κ3) is 3.83. The first kappa shape index (κ1) is 14.1. The van der Waals surface area contributed by atoms with Crippen LogP contribution in [-0.4, -0.2) is 35.8 Å². The van der Waals surface area contributed by atoms with E-state index in [9.17, 15) is 4.79 Å². The highest BCUT2D eigenvalue weighted by Gasteiger charge is 2.44. The zero-order valence-corrected chi connectivity index (χ0v) is 12.3. The van der Waals surface area contributed by atoms with Crippen molar-refractivity contribution in [1.82, 2.24) is 9.97 Å². The third-order valence-corrected chi connectivity index (χ3v) is 4.55. The lowest BCUT2D eigenvalue weighted by molar-refractivity contribution is -0.141. The summed E-state index contributed by atoms with van der Waals surface area (Å²) >= 11 is 1.69. The van der Waals surface area contributed by atoms with Crippen LogP contribution in [0.4, 0.5) is 5.95 Å². The summed E-state index contributed by atoms with van der Waals surface area (Å²) in [4.78, 5) is 20.0. The Hall–Kier alpha value is -1.30. The van der Waals surface area contributed by atoms with Gasteiger partial charge in [0.2, 0.25) is 5.95 Å². The van der Waals surface area contributed by atoms with Crippen molar-refractivity contribution in [3.8, 4) is 0 Å². The number of methoxy groups -OCH3 is 1. The van der Waals surface area contributed by atoms with Gasteiger partial charge in [-0.1, -0.05) is 0 Å². The molecule has 1 N–H and O–H groups in total. The van der Waals surface area contributed by atoms with E-state index in [1.165, 1.54) is 7.11 Å². The van der Waals surface area contributed by atoms with E-state index in [-0.39, 0.29) is 11.4 Å². The molecule has 0 unspecified atom stereocenters. The minimum absolute atomic E-state index is 0.118. The van der Waals surface area contributed by atoms with Crippen LogP contribution in [0.3, 0.4) is 0 Å². The van der Waals surface area contributed by atoms with Crippen molar-refractivity contribution in [2.75, 3.05) is 25.2 Å². The second-order valence-electron chi connectivity index (χ2n) is 4.96. The van der Waals surface area contributed by atoms with E-state index < -0.39 is 0 Å². The lowest BCUT2D eigenvalue weighted by Gasteiger charge is -2.13. The van der Waals surface area contributed by atoms with Crippen molar-refractivity contribution in [3.63, 3.8) is 0 Å². The molecule has 6 heteroatoms. The molecule has 0 aliphatic heterocycles. The summed E-state index contributed by atoms with van der Waals surface area (Å²) in [5, 5.41) is 3.90. The first-order valence-corrected chi connectivity index (χ1v) is 7.28. The van der Waals surface area contributed by atoms with E-state index in [0.29, 0.717) is 12.4 Å². The van der Waals surface area contributed by atoms with E-state index in [1.807, 2.05) is 20.0 Å². The van der Waals surface area contributed by atoms with Crippen LogP contribution in [-0.2, 0) is 9.53 Å². The van der Waals surface area contributed by atoms with Gasteiger partial charge in [-0.2, -0.15) is 0 Å². The number of esters is 1. The van der Waals surface area contributed by atoms with Gasteiger partial charge in [-0.25, -0.2) is 9.97 Å². The molecule has 0 bridgehead atoms. The number of nitrogens with one attached hydrogen (secondary N) is 1. The van der Waals surface area contributed by atoms with Gasteiger partial charge >= 0.3 is 5.97 Å². The quantitative estimate of drug-likeness (QED) is 0.490. The Bertz CT molecular complexity index is 475. The van der Waals surface area contributed by atoms with Crippen molar-refractivity contribution < 1.29 is 9.53 Å². The van der Waals surface area contributed by atoms with E-state index in [2.05, 4.69) is 15.3 Å². The van der Waals surface area contributed by atoms with Crippen LogP contribution in [0.15, 0.2) is 11.1 Å². The molecule has 5 nitrogen and oxygen atoms in total. The van der Waals surface area contributed by atoms with Gasteiger partial charge in [0.1, 0.15) is 5.03 Å². The molecular formula is C13H19N3O2S. The Morgan fingerprint density at radius 2 is 2.26 bits per heavy atom. The summed E-state index contributed by atoms with van der Waals surface area (Å²) in [6.45, 7) is 1.95. The maximum Gasteiger partial charge on any atom is 0.306 e. The van der Waals surface area contributed by atoms with Crippen LogP contribution in [0.1, 0.15) is 25.0 Å². The molecule has 0 atom stereocenters. The molecule has 1 fully saturated rings. The van der Waals surface area contributed by atoms with Crippen molar-refractivity contribution in [2.24, 2.45) is 5.41 Å². The molecule has 2 rings (SSSR count). The number of ether oxygens (including phenoxy) is 1. The fourth-order valence-corrected chi connectivity index (χ4v) is 3.13. The molecule has 1 aliphatic rings. The van der Waals surface area contributed by atoms with E-state index in [0.717, 1.165) is 29.3 Å². The highest BCUT2D eigenvalue weighted by atomic mass is 32.2. The van der Waals surface area contributed by atoms with Gasteiger partial charge in [0.25, 0.3) is 0 Å². The van der Waals surface area contributed by atoms with Crippen LogP contribution in [0, 0.1) is 12.3 Å². The van der Waals surface area contributed by atoms with Gasteiger partial charge < -0.3 is 10.1 Å². The third-order valence-electron chi connectivity index (χ3n) is 3.28. The van der Waals surface area contributed by atoms with Crippen molar-refractivity contribution in [1.29, 1.82) is 0 Å². The summed E-state index contributed by atoms with van der Waals surface area (Å²) in [5.74, 6) is 1.43. The minimum Gasteiger partial charge on any atom is -0.469 e. The maximum absolute atomic E-state index is 11.4. The van der Waals surface area contributed by atoms with Crippen LogP contribution in [0.2, 0.25) is 0 Å². The largest absolute Gasteiger partial charge is 0.469 e. The summed E-state index contributed by atoms with van der Waals surface area (Å²) in [6.07, 6.45) is 2.70. The first-order valence-electron chi connectivity index (χ1n) is 6.30. The topological polar surface area (TPSA) is 64.1 Å². The predicted molar refractivity (Wildman–Crippen MR) is 75.3 cm³/mol. The number of thioether (sulfide) groups is 1. The number of aryl methyl sites for hydroxylation is 1. The van der Waals surface area contributed by atoms with E-state index in [1.54, 1.807) is 11.8 Å². The van der Waals surface area contributed by atoms with Gasteiger partial charge in [-0.3, -0.25) is 4.79 Å². The van der Waals surface area contributed by atoms with E-state index in [4.69, 9.17) is 4.74 Å². The molecule has 104 valence electrons. The average molecular weight is 281 g/mol. The van der Waals surface area contributed by atoms with Crippen LogP contribution < -0.4 is 5.32 Å². The standard InChI is InChI=1S/C13H19N3O2S/c1-9-6-10(16-12(14-2)15-9)19-8-13(4-5-13)7-11(17)18-3/h6H,4-5,7-8H2,1-3H3,(H,14,15,16). The molecular weight excluding hydrogens is 262 g/mol. The second kappa shape index (κ2) is 5.77. The summed E-state index contributed by atoms with van der Waals surface area (Å²) in [5.41, 5.74) is 1.07. The fourth-order valence-electron chi connectivity index (χ4n) is 1.88. The molecule has 0 aromatic carbocycles. The molecule has 0 amide bonds. The minimum atomic E-state index is -0.118. The Kier molecular flexibility index (Phi) is 4.29. The SMILES string of the molecule is CNc1nc(C)cc(SCC2(CC(=O)OC)CC2)n1. The lowest BCUT2D eigenvalue weighted by Crippen LogP contribution is -2.13. The Morgan fingerprint density at radius 3 is 2.84 bits per heavy atom. The summed E-state index contributed by atoms with van der Waals surface area (Å²) in [6, 6.07) is 1.97. The van der Waals surface area contributed by atoms with Gasteiger partial charge in [0.15, 0.2) is 0 Å². The average Bonchev–Trinajstić information content (AvgIpc) is 3.16. The van der Waals surface area contributed by atoms with Crippen molar-refractivity contribution >= 4 is 23.7 Å². The Labute approximate surface area is 117 Å². The molecule has 0 saturated heterocycles. The number of carbonyl (C=O) groups excluding carboxylic acids is 1. The molecule has 1 aromatic heterocycles. The maximum atomic E-state index is 11.4. The first-order chi connectivity index (χ1) is 9.07. The van der Waals surface area contributed by atoms with Crippen LogP contribution >= 0.6 is 11.8 Å². The molecule has 1 aromatic rings. The smallest absolute Gasteiger partial charge is 0.306 e. The zero-order chi connectivity index (χ0) is 13.9. The molecule has 0 spiro atoms. The molecule has 0 radical (unpaired) electrons. The number of nitrogens with zero attached hydrogens (tertiary/aromatic N) is 2. The normalized spacial score (nSPS) is 15.9.